The van der Waals surface area contributed by atoms with Crippen LogP contribution in [-0.4, -0.2) is 0 Å². The molecule has 0 aliphatic rings. The summed E-state index contributed by atoms with van der Waals surface area (Å²) in [6.07, 6.45) is 0. The standard InChI is InChI=1S/C12H17F2N/c1-7(2)8-5-9(12(3,4)15)11(14)10(13)6-8/h5-7H,15H2,1-4H3. The lowest BCUT2D eigenvalue weighted by atomic mass is 9.90. The molecule has 0 aromatic heterocycles. The second kappa shape index (κ2) is 3.89. The van der Waals surface area contributed by atoms with E-state index in [4.69, 9.17) is 5.73 Å². The van der Waals surface area contributed by atoms with Gasteiger partial charge in [0, 0.05) is 11.1 Å². The maximum Gasteiger partial charge on any atom is 0.163 e. The number of nitrogens with two attached hydrogens (primary N) is 1. The summed E-state index contributed by atoms with van der Waals surface area (Å²) in [5.41, 5.74) is 5.92. The van der Waals surface area contributed by atoms with Gasteiger partial charge in [-0.15, -0.1) is 0 Å². The van der Waals surface area contributed by atoms with Gasteiger partial charge in [-0.3, -0.25) is 0 Å². The van der Waals surface area contributed by atoms with E-state index in [0.717, 1.165) is 5.56 Å². The first-order chi connectivity index (χ1) is 6.73. The van der Waals surface area contributed by atoms with E-state index in [1.807, 2.05) is 13.8 Å². The smallest absolute Gasteiger partial charge is 0.163 e. The Labute approximate surface area is 89.3 Å². The molecule has 1 rings (SSSR count). The molecule has 1 aromatic carbocycles. The highest BCUT2D eigenvalue weighted by Crippen LogP contribution is 2.27. The molecular weight excluding hydrogens is 196 g/mol. The molecule has 0 atom stereocenters. The number of halogens is 2. The van der Waals surface area contributed by atoms with Crippen LogP contribution in [0.1, 0.15) is 44.7 Å². The minimum Gasteiger partial charge on any atom is -0.322 e. The zero-order valence-electron chi connectivity index (χ0n) is 9.57. The van der Waals surface area contributed by atoms with Gasteiger partial charge in [-0.05, 0) is 31.4 Å². The molecule has 0 unspecified atom stereocenters. The third-order valence-corrected chi connectivity index (χ3v) is 2.41. The fourth-order valence-corrected chi connectivity index (χ4v) is 1.41. The molecule has 0 saturated heterocycles. The van der Waals surface area contributed by atoms with Crippen LogP contribution in [0.2, 0.25) is 0 Å². The molecular formula is C12H17F2N. The van der Waals surface area contributed by atoms with Gasteiger partial charge in [-0.2, -0.15) is 0 Å². The average molecular weight is 213 g/mol. The van der Waals surface area contributed by atoms with Crippen LogP contribution in [0, 0.1) is 11.6 Å². The first kappa shape index (κ1) is 12.1. The molecule has 0 aliphatic heterocycles. The Hall–Kier alpha value is -0.960. The molecule has 1 aromatic rings. The summed E-state index contributed by atoms with van der Waals surface area (Å²) in [5.74, 6) is -1.51. The van der Waals surface area contributed by atoms with Gasteiger partial charge in [0.15, 0.2) is 11.6 Å². The molecule has 0 amide bonds. The molecule has 0 bridgehead atoms. The lowest BCUT2D eigenvalue weighted by molar-refractivity contribution is 0.452. The largest absolute Gasteiger partial charge is 0.322 e. The van der Waals surface area contributed by atoms with Gasteiger partial charge in [0.1, 0.15) is 0 Å². The summed E-state index contributed by atoms with van der Waals surface area (Å²) in [6, 6.07) is 2.87. The lowest BCUT2D eigenvalue weighted by Crippen LogP contribution is -2.30. The number of rotatable bonds is 2. The van der Waals surface area contributed by atoms with E-state index in [1.54, 1.807) is 19.9 Å². The highest BCUT2D eigenvalue weighted by atomic mass is 19.2. The van der Waals surface area contributed by atoms with E-state index in [1.165, 1.54) is 6.07 Å². The molecule has 2 N–H and O–H groups in total. The van der Waals surface area contributed by atoms with Gasteiger partial charge >= 0.3 is 0 Å². The van der Waals surface area contributed by atoms with E-state index < -0.39 is 17.2 Å². The zero-order chi connectivity index (χ0) is 11.8. The van der Waals surface area contributed by atoms with Gasteiger partial charge in [-0.25, -0.2) is 8.78 Å². The summed E-state index contributed by atoms with van der Waals surface area (Å²) >= 11 is 0. The Bertz CT molecular complexity index is 365. The number of hydrogen-bond donors (Lipinski definition) is 1. The predicted molar refractivity (Wildman–Crippen MR) is 57.7 cm³/mol. The van der Waals surface area contributed by atoms with Crippen molar-refractivity contribution in [2.75, 3.05) is 0 Å². The Morgan fingerprint density at radius 3 is 2.13 bits per heavy atom. The number of benzene rings is 1. The summed E-state index contributed by atoms with van der Waals surface area (Å²) in [5, 5.41) is 0. The second-order valence-electron chi connectivity index (χ2n) is 4.74. The lowest BCUT2D eigenvalue weighted by Gasteiger charge is -2.22. The van der Waals surface area contributed by atoms with Gasteiger partial charge in [0.05, 0.1) is 0 Å². The maximum atomic E-state index is 13.5. The fourth-order valence-electron chi connectivity index (χ4n) is 1.41. The van der Waals surface area contributed by atoms with Crippen LogP contribution in [0.25, 0.3) is 0 Å². The minimum absolute atomic E-state index is 0.154. The molecule has 0 heterocycles. The molecule has 0 radical (unpaired) electrons. The maximum absolute atomic E-state index is 13.5. The van der Waals surface area contributed by atoms with Crippen LogP contribution in [0.5, 0.6) is 0 Å². The Kier molecular flexibility index (Phi) is 3.14. The van der Waals surface area contributed by atoms with Crippen molar-refractivity contribution in [3.8, 4) is 0 Å². The summed E-state index contributed by atoms with van der Waals surface area (Å²) in [6.45, 7) is 7.18. The van der Waals surface area contributed by atoms with Crippen LogP contribution in [0.4, 0.5) is 8.78 Å². The second-order valence-corrected chi connectivity index (χ2v) is 4.74. The Morgan fingerprint density at radius 1 is 1.20 bits per heavy atom. The van der Waals surface area contributed by atoms with Gasteiger partial charge < -0.3 is 5.73 Å². The van der Waals surface area contributed by atoms with Crippen molar-refractivity contribution in [2.24, 2.45) is 5.73 Å². The predicted octanol–water partition coefficient (Wildman–Crippen LogP) is 3.28. The van der Waals surface area contributed by atoms with Crippen LogP contribution < -0.4 is 5.73 Å². The van der Waals surface area contributed by atoms with Gasteiger partial charge in [-0.1, -0.05) is 19.9 Å². The van der Waals surface area contributed by atoms with Crippen LogP contribution in [-0.2, 0) is 5.54 Å². The molecule has 3 heteroatoms. The molecule has 15 heavy (non-hydrogen) atoms. The highest BCUT2D eigenvalue weighted by molar-refractivity contribution is 5.32. The normalized spacial score (nSPS) is 12.3. The molecule has 0 aliphatic carbocycles. The van der Waals surface area contributed by atoms with Crippen molar-refractivity contribution in [1.82, 2.24) is 0 Å². The van der Waals surface area contributed by atoms with Crippen LogP contribution in [0.15, 0.2) is 12.1 Å². The summed E-state index contributed by atoms with van der Waals surface area (Å²) < 4.78 is 26.8. The fraction of sp³-hybridized carbons (Fsp3) is 0.500. The molecule has 84 valence electrons. The van der Waals surface area contributed by atoms with Crippen molar-refractivity contribution >= 4 is 0 Å². The monoisotopic (exact) mass is 213 g/mol. The first-order valence-corrected chi connectivity index (χ1v) is 5.01. The Morgan fingerprint density at radius 2 is 1.73 bits per heavy atom. The van der Waals surface area contributed by atoms with E-state index >= 15 is 0 Å². The summed E-state index contributed by atoms with van der Waals surface area (Å²) in [7, 11) is 0. The topological polar surface area (TPSA) is 26.0 Å². The molecule has 0 fully saturated rings. The molecule has 0 saturated carbocycles. The third-order valence-electron chi connectivity index (χ3n) is 2.41. The highest BCUT2D eigenvalue weighted by Gasteiger charge is 2.22. The van der Waals surface area contributed by atoms with Crippen molar-refractivity contribution in [2.45, 2.75) is 39.2 Å². The van der Waals surface area contributed by atoms with Crippen LogP contribution >= 0.6 is 0 Å². The Balaban J connectivity index is 3.38. The van der Waals surface area contributed by atoms with E-state index in [-0.39, 0.29) is 11.5 Å². The van der Waals surface area contributed by atoms with Crippen molar-refractivity contribution in [3.05, 3.63) is 34.9 Å². The SMILES string of the molecule is CC(C)c1cc(F)c(F)c(C(C)(C)N)c1. The zero-order valence-corrected chi connectivity index (χ0v) is 9.57. The van der Waals surface area contributed by atoms with Crippen molar-refractivity contribution in [3.63, 3.8) is 0 Å². The molecule has 1 nitrogen and oxygen atoms in total. The number of hydrogen-bond acceptors (Lipinski definition) is 1. The van der Waals surface area contributed by atoms with E-state index in [2.05, 4.69) is 0 Å². The summed E-state index contributed by atoms with van der Waals surface area (Å²) in [4.78, 5) is 0. The average Bonchev–Trinajstić information content (AvgIpc) is 2.06. The van der Waals surface area contributed by atoms with Crippen molar-refractivity contribution < 1.29 is 8.78 Å². The quantitative estimate of drug-likeness (QED) is 0.801. The van der Waals surface area contributed by atoms with Crippen LogP contribution in [0.3, 0.4) is 0 Å². The first-order valence-electron chi connectivity index (χ1n) is 5.01. The van der Waals surface area contributed by atoms with Crippen molar-refractivity contribution in [1.29, 1.82) is 0 Å². The van der Waals surface area contributed by atoms with Gasteiger partial charge in [0.25, 0.3) is 0 Å². The van der Waals surface area contributed by atoms with E-state index in [9.17, 15) is 8.78 Å². The minimum atomic E-state index is -0.865. The molecule has 0 spiro atoms. The van der Waals surface area contributed by atoms with E-state index in [0.29, 0.717) is 0 Å². The third kappa shape index (κ3) is 2.53. The van der Waals surface area contributed by atoms with Gasteiger partial charge in [0.2, 0.25) is 0 Å².